The predicted molar refractivity (Wildman–Crippen MR) is 67.2 cm³/mol. The van der Waals surface area contributed by atoms with Gasteiger partial charge in [0.15, 0.2) is 0 Å². The van der Waals surface area contributed by atoms with E-state index in [0.717, 1.165) is 38.4 Å². The van der Waals surface area contributed by atoms with Crippen molar-refractivity contribution in [3.05, 3.63) is 0 Å². The van der Waals surface area contributed by atoms with Gasteiger partial charge in [-0.05, 0) is 44.2 Å². The lowest BCUT2D eigenvalue weighted by atomic mass is 9.88. The first kappa shape index (κ1) is 13.5. The molecule has 2 unspecified atom stereocenters. The molecule has 0 aromatic carbocycles. The van der Waals surface area contributed by atoms with Crippen molar-refractivity contribution in [2.24, 2.45) is 17.8 Å². The highest BCUT2D eigenvalue weighted by Gasteiger charge is 2.22. The van der Waals surface area contributed by atoms with Crippen molar-refractivity contribution in [1.82, 2.24) is 10.6 Å². The van der Waals surface area contributed by atoms with Crippen LogP contribution in [0.3, 0.4) is 0 Å². The third-order valence-electron chi connectivity index (χ3n) is 3.88. The first-order valence-electron chi connectivity index (χ1n) is 6.67. The first-order chi connectivity index (χ1) is 7.69. The Balaban J connectivity index is 2.29. The molecule has 2 atom stereocenters. The van der Waals surface area contributed by atoms with Crippen LogP contribution in [-0.2, 0) is 4.79 Å². The summed E-state index contributed by atoms with van der Waals surface area (Å²) in [5, 5.41) is 6.50. The second-order valence-electron chi connectivity index (χ2n) is 4.99. The molecule has 1 heterocycles. The highest BCUT2D eigenvalue weighted by molar-refractivity contribution is 5.78. The van der Waals surface area contributed by atoms with Crippen LogP contribution in [0.2, 0.25) is 0 Å². The Bertz CT molecular complexity index is 214. The summed E-state index contributed by atoms with van der Waals surface area (Å²) in [6.07, 6.45) is 3.12. The van der Waals surface area contributed by atoms with E-state index in [1.54, 1.807) is 0 Å². The van der Waals surface area contributed by atoms with E-state index in [1.165, 1.54) is 6.42 Å². The van der Waals surface area contributed by atoms with Crippen molar-refractivity contribution in [3.8, 4) is 0 Å². The maximum atomic E-state index is 11.8. The van der Waals surface area contributed by atoms with Crippen LogP contribution in [0.25, 0.3) is 0 Å². The molecule has 0 aromatic rings. The minimum atomic E-state index is 0.201. The summed E-state index contributed by atoms with van der Waals surface area (Å²) in [4.78, 5) is 11.8. The molecule has 0 saturated carbocycles. The third-order valence-corrected chi connectivity index (χ3v) is 3.88. The summed E-state index contributed by atoms with van der Waals surface area (Å²) in [6, 6.07) is 0. The van der Waals surface area contributed by atoms with Crippen molar-refractivity contribution < 1.29 is 4.79 Å². The fraction of sp³-hybridized carbons (Fsp3) is 0.923. The predicted octanol–water partition coefficient (Wildman–Crippen LogP) is 1.78. The molecule has 3 nitrogen and oxygen atoms in total. The summed E-state index contributed by atoms with van der Waals surface area (Å²) in [5.41, 5.74) is 0. The van der Waals surface area contributed by atoms with Gasteiger partial charge in [-0.15, -0.1) is 0 Å². The standard InChI is InChI=1S/C13H26N2O/c1-4-11(5-2)13(16)15-9-12-8-14-7-6-10(12)3/h10-12,14H,4-9H2,1-3H3,(H,15,16). The molecule has 1 aliphatic rings. The van der Waals surface area contributed by atoms with Gasteiger partial charge in [0.2, 0.25) is 5.91 Å². The van der Waals surface area contributed by atoms with Gasteiger partial charge in [0.1, 0.15) is 0 Å². The summed E-state index contributed by atoms with van der Waals surface area (Å²) >= 11 is 0. The van der Waals surface area contributed by atoms with E-state index in [-0.39, 0.29) is 11.8 Å². The Morgan fingerprint density at radius 1 is 1.44 bits per heavy atom. The van der Waals surface area contributed by atoms with Crippen LogP contribution in [0.4, 0.5) is 0 Å². The molecule has 0 aromatic heterocycles. The average Bonchev–Trinajstić information content (AvgIpc) is 2.29. The van der Waals surface area contributed by atoms with Crippen LogP contribution in [-0.4, -0.2) is 25.5 Å². The summed E-state index contributed by atoms with van der Waals surface area (Å²) in [7, 11) is 0. The molecule has 16 heavy (non-hydrogen) atoms. The summed E-state index contributed by atoms with van der Waals surface area (Å²) in [6.45, 7) is 9.46. The molecule has 0 spiro atoms. The number of carbonyl (C=O) groups is 1. The Kier molecular flexibility index (Phi) is 5.81. The zero-order valence-corrected chi connectivity index (χ0v) is 10.9. The van der Waals surface area contributed by atoms with Crippen LogP contribution in [0.15, 0.2) is 0 Å². The molecular weight excluding hydrogens is 200 g/mol. The minimum absolute atomic E-state index is 0.201. The minimum Gasteiger partial charge on any atom is -0.356 e. The van der Waals surface area contributed by atoms with Gasteiger partial charge in [-0.1, -0.05) is 20.8 Å². The van der Waals surface area contributed by atoms with Gasteiger partial charge >= 0.3 is 0 Å². The molecule has 0 aliphatic carbocycles. The summed E-state index contributed by atoms with van der Waals surface area (Å²) < 4.78 is 0. The lowest BCUT2D eigenvalue weighted by molar-refractivity contribution is -0.125. The third kappa shape index (κ3) is 3.78. The van der Waals surface area contributed by atoms with E-state index in [9.17, 15) is 4.79 Å². The monoisotopic (exact) mass is 226 g/mol. The molecule has 1 amide bonds. The molecule has 0 bridgehead atoms. The quantitative estimate of drug-likeness (QED) is 0.750. The molecule has 94 valence electrons. The fourth-order valence-corrected chi connectivity index (χ4v) is 2.36. The Hall–Kier alpha value is -0.570. The van der Waals surface area contributed by atoms with E-state index < -0.39 is 0 Å². The topological polar surface area (TPSA) is 41.1 Å². The van der Waals surface area contributed by atoms with Gasteiger partial charge in [0.25, 0.3) is 0 Å². The molecule has 1 aliphatic heterocycles. The van der Waals surface area contributed by atoms with E-state index >= 15 is 0 Å². The maximum Gasteiger partial charge on any atom is 0.223 e. The van der Waals surface area contributed by atoms with Crippen LogP contribution >= 0.6 is 0 Å². The number of piperidine rings is 1. The number of hydrogen-bond donors (Lipinski definition) is 2. The normalized spacial score (nSPS) is 25.8. The van der Waals surface area contributed by atoms with E-state index in [4.69, 9.17) is 0 Å². The van der Waals surface area contributed by atoms with Crippen LogP contribution in [0.1, 0.15) is 40.0 Å². The molecule has 1 fully saturated rings. The molecule has 1 saturated heterocycles. The van der Waals surface area contributed by atoms with Crippen molar-refractivity contribution >= 4 is 5.91 Å². The van der Waals surface area contributed by atoms with Gasteiger partial charge < -0.3 is 10.6 Å². The number of hydrogen-bond acceptors (Lipinski definition) is 2. The van der Waals surface area contributed by atoms with Gasteiger partial charge in [0.05, 0.1) is 0 Å². The smallest absolute Gasteiger partial charge is 0.223 e. The lowest BCUT2D eigenvalue weighted by Gasteiger charge is -2.30. The number of rotatable bonds is 5. The van der Waals surface area contributed by atoms with Crippen molar-refractivity contribution in [3.63, 3.8) is 0 Å². The maximum absolute atomic E-state index is 11.8. The molecule has 0 radical (unpaired) electrons. The van der Waals surface area contributed by atoms with Gasteiger partial charge in [-0.3, -0.25) is 4.79 Å². The highest BCUT2D eigenvalue weighted by atomic mass is 16.1. The van der Waals surface area contributed by atoms with Crippen molar-refractivity contribution in [2.75, 3.05) is 19.6 Å². The summed E-state index contributed by atoms with van der Waals surface area (Å²) in [5.74, 6) is 1.77. The average molecular weight is 226 g/mol. The van der Waals surface area contributed by atoms with Crippen LogP contribution in [0.5, 0.6) is 0 Å². The van der Waals surface area contributed by atoms with E-state index in [2.05, 4.69) is 31.4 Å². The van der Waals surface area contributed by atoms with Crippen molar-refractivity contribution in [2.45, 2.75) is 40.0 Å². The largest absolute Gasteiger partial charge is 0.356 e. The van der Waals surface area contributed by atoms with Crippen molar-refractivity contribution in [1.29, 1.82) is 0 Å². The molecule has 2 N–H and O–H groups in total. The first-order valence-corrected chi connectivity index (χ1v) is 6.67. The van der Waals surface area contributed by atoms with Gasteiger partial charge in [0, 0.05) is 12.5 Å². The number of nitrogens with one attached hydrogen (secondary N) is 2. The number of amides is 1. The second kappa shape index (κ2) is 6.89. The van der Waals surface area contributed by atoms with Crippen LogP contribution in [0, 0.1) is 17.8 Å². The van der Waals surface area contributed by atoms with Gasteiger partial charge in [-0.2, -0.15) is 0 Å². The fourth-order valence-electron chi connectivity index (χ4n) is 2.36. The van der Waals surface area contributed by atoms with Gasteiger partial charge in [-0.25, -0.2) is 0 Å². The SMILES string of the molecule is CCC(CC)C(=O)NCC1CNCCC1C. The molecular formula is C13H26N2O. The molecule has 3 heteroatoms. The van der Waals surface area contributed by atoms with E-state index in [0.29, 0.717) is 5.92 Å². The second-order valence-corrected chi connectivity index (χ2v) is 4.99. The molecule has 1 rings (SSSR count). The Morgan fingerprint density at radius 2 is 2.12 bits per heavy atom. The Labute approximate surface area is 99.4 Å². The zero-order valence-electron chi connectivity index (χ0n) is 10.9. The highest BCUT2D eigenvalue weighted by Crippen LogP contribution is 2.17. The zero-order chi connectivity index (χ0) is 12.0. The van der Waals surface area contributed by atoms with Crippen LogP contribution < -0.4 is 10.6 Å². The van der Waals surface area contributed by atoms with E-state index in [1.807, 2.05) is 0 Å². The Morgan fingerprint density at radius 3 is 2.69 bits per heavy atom. The lowest BCUT2D eigenvalue weighted by Crippen LogP contribution is -2.43. The number of carbonyl (C=O) groups excluding carboxylic acids is 1.